The molecule has 0 saturated carbocycles. The number of morpholine rings is 1. The average Bonchev–Trinajstić information content (AvgIpc) is 3.18. The summed E-state index contributed by atoms with van der Waals surface area (Å²) in [6, 6.07) is 14.4. The quantitative estimate of drug-likeness (QED) is 0.635. The Balaban J connectivity index is 1.35. The minimum atomic E-state index is -0.280. The number of carbonyl (C=O) groups excluding carboxylic acids is 2. The summed E-state index contributed by atoms with van der Waals surface area (Å²) in [5.41, 5.74) is 2.23. The van der Waals surface area contributed by atoms with Crippen LogP contribution in [-0.4, -0.2) is 49.1 Å². The van der Waals surface area contributed by atoms with Gasteiger partial charge in [0.2, 0.25) is 5.91 Å². The van der Waals surface area contributed by atoms with Gasteiger partial charge in [-0.05, 0) is 37.3 Å². The highest BCUT2D eigenvalue weighted by Gasteiger charge is 2.17. The minimum Gasteiger partial charge on any atom is -0.378 e. The first-order valence-electron chi connectivity index (χ1n) is 9.97. The van der Waals surface area contributed by atoms with Crippen LogP contribution in [-0.2, 0) is 9.53 Å². The summed E-state index contributed by atoms with van der Waals surface area (Å²) in [7, 11) is 0. The Kier molecular flexibility index (Phi) is 6.25. The molecule has 1 fully saturated rings. The molecule has 1 aromatic heterocycles. The molecule has 8 heteroatoms. The van der Waals surface area contributed by atoms with Crippen molar-refractivity contribution in [2.75, 3.05) is 36.5 Å². The molecule has 1 aliphatic rings. The van der Waals surface area contributed by atoms with E-state index in [0.29, 0.717) is 5.56 Å². The molecule has 0 bridgehead atoms. The third-order valence-electron chi connectivity index (χ3n) is 4.85. The number of carbonyl (C=O) groups is 2. The number of hydrogen-bond donors (Lipinski definition) is 2. The molecule has 30 heavy (non-hydrogen) atoms. The van der Waals surface area contributed by atoms with Crippen LogP contribution in [0.5, 0.6) is 0 Å². The van der Waals surface area contributed by atoms with Gasteiger partial charge >= 0.3 is 0 Å². The van der Waals surface area contributed by atoms with Gasteiger partial charge in [-0.2, -0.15) is 0 Å². The summed E-state index contributed by atoms with van der Waals surface area (Å²) < 4.78 is 6.43. The van der Waals surface area contributed by atoms with Gasteiger partial charge in [0.15, 0.2) is 5.13 Å². The second-order valence-corrected chi connectivity index (χ2v) is 8.28. The van der Waals surface area contributed by atoms with Crippen molar-refractivity contribution in [1.82, 2.24) is 10.3 Å². The monoisotopic (exact) mass is 424 g/mol. The van der Waals surface area contributed by atoms with E-state index in [1.54, 1.807) is 23.5 Å². The van der Waals surface area contributed by atoms with Gasteiger partial charge in [0.1, 0.15) is 0 Å². The lowest BCUT2D eigenvalue weighted by Gasteiger charge is -2.25. The Morgan fingerprint density at radius 1 is 1.17 bits per heavy atom. The summed E-state index contributed by atoms with van der Waals surface area (Å²) in [5.74, 6) is -0.328. The third-order valence-corrected chi connectivity index (χ3v) is 5.93. The van der Waals surface area contributed by atoms with Crippen molar-refractivity contribution in [3.63, 3.8) is 0 Å². The highest BCUT2D eigenvalue weighted by molar-refractivity contribution is 7.22. The van der Waals surface area contributed by atoms with E-state index in [1.165, 1.54) is 0 Å². The second kappa shape index (κ2) is 9.23. The molecule has 2 N–H and O–H groups in total. The molecule has 0 aliphatic carbocycles. The first-order chi connectivity index (χ1) is 14.6. The van der Waals surface area contributed by atoms with Crippen molar-refractivity contribution < 1.29 is 14.3 Å². The normalized spacial score (nSPS) is 15.0. The first-order valence-corrected chi connectivity index (χ1v) is 10.8. The fraction of sp³-hybridized carbons (Fsp3) is 0.318. The van der Waals surface area contributed by atoms with Crippen LogP contribution in [0.3, 0.4) is 0 Å². The van der Waals surface area contributed by atoms with Crippen LogP contribution >= 0.6 is 11.3 Å². The number of aromatic nitrogens is 1. The maximum absolute atomic E-state index is 12.4. The predicted octanol–water partition coefficient (Wildman–Crippen LogP) is 3.28. The minimum absolute atomic E-state index is 0.145. The van der Waals surface area contributed by atoms with Gasteiger partial charge in [0.05, 0.1) is 23.4 Å². The van der Waals surface area contributed by atoms with Crippen LogP contribution in [0, 0.1) is 0 Å². The largest absolute Gasteiger partial charge is 0.378 e. The number of nitrogens with zero attached hydrogens (tertiary/aromatic N) is 2. The number of thiazole rings is 1. The summed E-state index contributed by atoms with van der Waals surface area (Å²) in [4.78, 5) is 31.6. The maximum Gasteiger partial charge on any atom is 0.251 e. The van der Waals surface area contributed by atoms with Crippen molar-refractivity contribution in [3.05, 3.63) is 54.1 Å². The van der Waals surface area contributed by atoms with Crippen molar-refractivity contribution >= 4 is 44.2 Å². The molecule has 1 saturated heterocycles. The van der Waals surface area contributed by atoms with E-state index in [4.69, 9.17) is 9.72 Å². The zero-order chi connectivity index (χ0) is 20.9. The Labute approximate surface area is 179 Å². The molecule has 0 radical (unpaired) electrons. The highest BCUT2D eigenvalue weighted by Crippen LogP contribution is 2.31. The van der Waals surface area contributed by atoms with Crippen LogP contribution in [0.25, 0.3) is 10.2 Å². The lowest BCUT2D eigenvalue weighted by Crippen LogP contribution is -2.36. The van der Waals surface area contributed by atoms with E-state index >= 15 is 0 Å². The number of amides is 2. The van der Waals surface area contributed by atoms with Crippen molar-refractivity contribution in [1.29, 1.82) is 0 Å². The van der Waals surface area contributed by atoms with Crippen molar-refractivity contribution in [2.45, 2.75) is 19.4 Å². The van der Waals surface area contributed by atoms with E-state index in [-0.39, 0.29) is 24.3 Å². The van der Waals surface area contributed by atoms with Gasteiger partial charge in [-0.3, -0.25) is 9.59 Å². The van der Waals surface area contributed by atoms with Gasteiger partial charge in [0, 0.05) is 36.8 Å². The molecule has 2 heterocycles. The lowest BCUT2D eigenvalue weighted by atomic mass is 10.1. The van der Waals surface area contributed by atoms with Gasteiger partial charge < -0.3 is 20.3 Å². The van der Waals surface area contributed by atoms with Crippen LogP contribution in [0.1, 0.15) is 23.7 Å². The zero-order valence-corrected chi connectivity index (χ0v) is 17.6. The van der Waals surface area contributed by atoms with E-state index in [0.717, 1.165) is 47.3 Å². The zero-order valence-electron chi connectivity index (χ0n) is 16.8. The van der Waals surface area contributed by atoms with Crippen LogP contribution in [0.15, 0.2) is 48.5 Å². The molecule has 7 nitrogen and oxygen atoms in total. The van der Waals surface area contributed by atoms with Gasteiger partial charge in [-0.25, -0.2) is 4.98 Å². The molecule has 0 spiro atoms. The van der Waals surface area contributed by atoms with Crippen molar-refractivity contribution in [2.24, 2.45) is 0 Å². The fourth-order valence-electron chi connectivity index (χ4n) is 3.32. The molecule has 2 aromatic carbocycles. The standard InChI is InChI=1S/C22H24N4O3S/c1-15(23-21(28)16-5-3-2-4-6-16)13-20(27)24-17-7-8-18-19(14-17)30-22(25-18)26-9-11-29-12-10-26/h2-8,14-15H,9-13H2,1H3,(H,23,28)(H,24,27). The SMILES string of the molecule is CC(CC(=O)Nc1ccc2nc(N3CCOCC3)sc2c1)NC(=O)c1ccccc1. The molecule has 2 amide bonds. The van der Waals surface area contributed by atoms with Crippen molar-refractivity contribution in [3.8, 4) is 0 Å². The Hall–Kier alpha value is -2.97. The Bertz CT molecular complexity index is 1030. The van der Waals surface area contributed by atoms with Crippen LogP contribution < -0.4 is 15.5 Å². The molecule has 156 valence electrons. The van der Waals surface area contributed by atoms with E-state index in [2.05, 4.69) is 15.5 Å². The number of ether oxygens (including phenoxy) is 1. The molecule has 1 atom stereocenters. The molecule has 1 aliphatic heterocycles. The molecular weight excluding hydrogens is 400 g/mol. The highest BCUT2D eigenvalue weighted by atomic mass is 32.1. The fourth-order valence-corrected chi connectivity index (χ4v) is 4.37. The third kappa shape index (κ3) is 4.95. The number of rotatable bonds is 6. The van der Waals surface area contributed by atoms with Gasteiger partial charge in [0.25, 0.3) is 5.91 Å². The molecular formula is C22H24N4O3S. The Morgan fingerprint density at radius 2 is 1.93 bits per heavy atom. The summed E-state index contributed by atoms with van der Waals surface area (Å²) >= 11 is 1.62. The number of benzene rings is 2. The first kappa shape index (κ1) is 20.3. The second-order valence-electron chi connectivity index (χ2n) is 7.27. The predicted molar refractivity (Wildman–Crippen MR) is 119 cm³/mol. The summed E-state index contributed by atoms with van der Waals surface area (Å²) in [6.45, 7) is 4.94. The van der Waals surface area contributed by atoms with Gasteiger partial charge in [-0.1, -0.05) is 29.5 Å². The summed E-state index contributed by atoms with van der Waals surface area (Å²) in [6.07, 6.45) is 0.193. The Morgan fingerprint density at radius 3 is 2.70 bits per heavy atom. The summed E-state index contributed by atoms with van der Waals surface area (Å²) in [5, 5.41) is 6.76. The topological polar surface area (TPSA) is 83.6 Å². The lowest BCUT2D eigenvalue weighted by molar-refractivity contribution is -0.116. The number of nitrogens with one attached hydrogen (secondary N) is 2. The van der Waals surface area contributed by atoms with E-state index < -0.39 is 0 Å². The van der Waals surface area contributed by atoms with Crippen LogP contribution in [0.2, 0.25) is 0 Å². The van der Waals surface area contributed by atoms with E-state index in [9.17, 15) is 9.59 Å². The van der Waals surface area contributed by atoms with E-state index in [1.807, 2.05) is 43.3 Å². The smallest absolute Gasteiger partial charge is 0.251 e. The number of anilines is 2. The van der Waals surface area contributed by atoms with Crippen LogP contribution in [0.4, 0.5) is 10.8 Å². The average molecular weight is 425 g/mol. The molecule has 1 unspecified atom stereocenters. The molecule has 3 aromatic rings. The maximum atomic E-state index is 12.4. The number of fused-ring (bicyclic) bond motifs is 1. The molecule has 4 rings (SSSR count). The number of hydrogen-bond acceptors (Lipinski definition) is 6. The van der Waals surface area contributed by atoms with Gasteiger partial charge in [-0.15, -0.1) is 0 Å².